The van der Waals surface area contributed by atoms with Crippen molar-refractivity contribution in [3.8, 4) is 6.01 Å². The van der Waals surface area contributed by atoms with Gasteiger partial charge in [-0.3, -0.25) is 0 Å². The van der Waals surface area contributed by atoms with Crippen molar-refractivity contribution in [2.24, 2.45) is 0 Å². The van der Waals surface area contributed by atoms with Crippen molar-refractivity contribution in [1.29, 1.82) is 0 Å². The van der Waals surface area contributed by atoms with Crippen molar-refractivity contribution in [3.63, 3.8) is 0 Å². The van der Waals surface area contributed by atoms with Gasteiger partial charge in [0.05, 0.1) is 23.8 Å². The molecule has 1 aliphatic heterocycles. The number of rotatable bonds is 3. The van der Waals surface area contributed by atoms with Crippen LogP contribution in [-0.2, 0) is 4.74 Å². The smallest absolute Gasteiger partial charge is 0.296 e. The van der Waals surface area contributed by atoms with Gasteiger partial charge >= 0.3 is 0 Å². The van der Waals surface area contributed by atoms with E-state index in [1.807, 2.05) is 22.6 Å². The predicted octanol–water partition coefficient (Wildman–Crippen LogP) is 0.0762. The van der Waals surface area contributed by atoms with Crippen molar-refractivity contribution < 1.29 is 24.8 Å². The number of aromatic nitrogens is 3. The molecule has 120 valence electrons. The molecule has 0 radical (unpaired) electrons. The average molecular weight is 442 g/mol. The molecule has 0 amide bonds. The topological polar surface area (TPSA) is 121 Å². The fraction of sp³-hybridized carbons (Fsp3) is 0.500. The molecule has 2 aromatic heterocycles. The highest BCUT2D eigenvalue weighted by Gasteiger charge is 2.39. The van der Waals surface area contributed by atoms with Crippen LogP contribution < -0.4 is 4.74 Å². The first kappa shape index (κ1) is 16.1. The van der Waals surface area contributed by atoms with Gasteiger partial charge < -0.3 is 29.8 Å². The summed E-state index contributed by atoms with van der Waals surface area (Å²) in [6, 6.07) is 1.82. The second kappa shape index (κ2) is 6.42. The number of ether oxygens (including phenoxy) is 2. The SMILES string of the molecule is OC[C@H]1OC[C@H](Oc2nc3nc(I)c(Cl)cc3[nH]2)[C@@H](O)[C@@H]1O. The Morgan fingerprint density at radius 2 is 2.18 bits per heavy atom. The second-order valence-electron chi connectivity index (χ2n) is 4.87. The normalized spacial score (nSPS) is 29.0. The van der Waals surface area contributed by atoms with Crippen LogP contribution in [0.4, 0.5) is 0 Å². The molecule has 0 bridgehead atoms. The van der Waals surface area contributed by atoms with E-state index in [2.05, 4.69) is 15.0 Å². The third kappa shape index (κ3) is 3.01. The molecule has 1 aliphatic rings. The predicted molar refractivity (Wildman–Crippen MR) is 84.9 cm³/mol. The fourth-order valence-electron chi connectivity index (χ4n) is 2.19. The number of fused-ring (bicyclic) bond motifs is 1. The van der Waals surface area contributed by atoms with Crippen LogP contribution in [0.15, 0.2) is 6.07 Å². The molecule has 3 heterocycles. The Kier molecular flexibility index (Phi) is 4.71. The van der Waals surface area contributed by atoms with E-state index in [1.165, 1.54) is 0 Å². The zero-order chi connectivity index (χ0) is 15.9. The minimum atomic E-state index is -1.23. The Morgan fingerprint density at radius 3 is 2.91 bits per heavy atom. The van der Waals surface area contributed by atoms with E-state index in [0.29, 0.717) is 19.9 Å². The third-order valence-electron chi connectivity index (χ3n) is 3.39. The van der Waals surface area contributed by atoms with E-state index < -0.39 is 24.4 Å². The molecular formula is C12H13ClIN3O5. The summed E-state index contributed by atoms with van der Waals surface area (Å²) < 4.78 is 11.4. The minimum Gasteiger partial charge on any atom is -0.456 e. The van der Waals surface area contributed by atoms with Crippen LogP contribution >= 0.6 is 34.2 Å². The zero-order valence-corrected chi connectivity index (χ0v) is 14.0. The van der Waals surface area contributed by atoms with E-state index in [1.54, 1.807) is 6.07 Å². The Labute approximate surface area is 143 Å². The number of hydrogen-bond donors (Lipinski definition) is 4. The lowest BCUT2D eigenvalue weighted by atomic mass is 10.0. The lowest BCUT2D eigenvalue weighted by Gasteiger charge is -2.36. The molecule has 0 aliphatic carbocycles. The molecule has 0 spiro atoms. The number of pyridine rings is 1. The second-order valence-corrected chi connectivity index (χ2v) is 6.29. The van der Waals surface area contributed by atoms with Gasteiger partial charge in [0.2, 0.25) is 0 Å². The van der Waals surface area contributed by atoms with Gasteiger partial charge in [-0.1, -0.05) is 11.6 Å². The minimum absolute atomic E-state index is 0.0201. The van der Waals surface area contributed by atoms with Gasteiger partial charge in [-0.25, -0.2) is 4.98 Å². The maximum Gasteiger partial charge on any atom is 0.296 e. The van der Waals surface area contributed by atoms with Crippen molar-refractivity contribution in [2.75, 3.05) is 13.2 Å². The molecular weight excluding hydrogens is 429 g/mol. The molecule has 4 N–H and O–H groups in total. The summed E-state index contributed by atoms with van der Waals surface area (Å²) in [7, 11) is 0. The van der Waals surface area contributed by atoms with Crippen LogP contribution in [-0.4, -0.2) is 67.9 Å². The number of aliphatic hydroxyl groups excluding tert-OH is 3. The van der Waals surface area contributed by atoms with E-state index in [9.17, 15) is 10.2 Å². The molecule has 0 aromatic carbocycles. The first-order valence-electron chi connectivity index (χ1n) is 6.46. The van der Waals surface area contributed by atoms with E-state index in [4.69, 9.17) is 26.2 Å². The van der Waals surface area contributed by atoms with Crippen LogP contribution in [0.3, 0.4) is 0 Å². The van der Waals surface area contributed by atoms with Crippen LogP contribution in [0.25, 0.3) is 11.2 Å². The molecule has 1 saturated heterocycles. The van der Waals surface area contributed by atoms with Crippen LogP contribution in [0, 0.1) is 3.70 Å². The summed E-state index contributed by atoms with van der Waals surface area (Å²) in [4.78, 5) is 11.3. The van der Waals surface area contributed by atoms with Gasteiger partial charge in [0, 0.05) is 0 Å². The van der Waals surface area contributed by atoms with Crippen molar-refractivity contribution in [1.82, 2.24) is 15.0 Å². The average Bonchev–Trinajstić information content (AvgIpc) is 2.86. The first-order valence-corrected chi connectivity index (χ1v) is 7.92. The Balaban J connectivity index is 1.78. The first-order chi connectivity index (χ1) is 10.5. The number of aromatic amines is 1. The van der Waals surface area contributed by atoms with Gasteiger partial charge in [0.25, 0.3) is 6.01 Å². The summed E-state index contributed by atoms with van der Waals surface area (Å²) in [5.74, 6) is 0. The Bertz CT molecular complexity index is 645. The van der Waals surface area contributed by atoms with Crippen LogP contribution in [0.2, 0.25) is 5.02 Å². The summed E-state index contributed by atoms with van der Waals surface area (Å²) >= 11 is 7.98. The highest BCUT2D eigenvalue weighted by Crippen LogP contribution is 2.24. The van der Waals surface area contributed by atoms with Crippen molar-refractivity contribution >= 4 is 45.4 Å². The monoisotopic (exact) mass is 441 g/mol. The Morgan fingerprint density at radius 1 is 1.41 bits per heavy atom. The number of imidazole rings is 1. The zero-order valence-electron chi connectivity index (χ0n) is 11.1. The number of halogens is 2. The number of nitrogens with zero attached hydrogens (tertiary/aromatic N) is 2. The quantitative estimate of drug-likeness (QED) is 0.393. The lowest BCUT2D eigenvalue weighted by molar-refractivity contribution is -0.189. The van der Waals surface area contributed by atoms with Gasteiger partial charge in [0.1, 0.15) is 22.0 Å². The third-order valence-corrected chi connectivity index (χ3v) is 4.82. The molecule has 0 unspecified atom stereocenters. The van der Waals surface area contributed by atoms with E-state index in [0.717, 1.165) is 0 Å². The molecule has 10 heteroatoms. The van der Waals surface area contributed by atoms with Gasteiger partial charge in [-0.2, -0.15) is 4.98 Å². The van der Waals surface area contributed by atoms with Gasteiger partial charge in [0.15, 0.2) is 11.8 Å². The highest BCUT2D eigenvalue weighted by molar-refractivity contribution is 14.1. The summed E-state index contributed by atoms with van der Waals surface area (Å²) in [6.07, 6.45) is -4.07. The lowest BCUT2D eigenvalue weighted by Crippen LogP contribution is -2.56. The maximum absolute atomic E-state index is 10.0. The number of nitrogens with one attached hydrogen (secondary N) is 1. The molecule has 22 heavy (non-hydrogen) atoms. The summed E-state index contributed by atoms with van der Waals surface area (Å²) in [5.41, 5.74) is 1.03. The summed E-state index contributed by atoms with van der Waals surface area (Å²) in [5, 5.41) is 29.4. The Hall–Kier alpha value is -0.720. The van der Waals surface area contributed by atoms with Crippen molar-refractivity contribution in [2.45, 2.75) is 24.4 Å². The molecule has 1 fully saturated rings. The molecule has 0 saturated carbocycles. The summed E-state index contributed by atoms with van der Waals surface area (Å²) in [6.45, 7) is -0.358. The largest absolute Gasteiger partial charge is 0.456 e. The number of aliphatic hydroxyl groups is 3. The fourth-order valence-corrected chi connectivity index (χ4v) is 2.73. The van der Waals surface area contributed by atoms with E-state index in [-0.39, 0.29) is 19.2 Å². The van der Waals surface area contributed by atoms with Crippen LogP contribution in [0.5, 0.6) is 6.01 Å². The standard InChI is InChI=1S/C12H13ClIN3O5/c13-4-1-5-11(16-10(4)14)17-12(15-5)22-7-3-21-6(2-18)8(19)9(7)20/h1,6-9,18-20H,2-3H2,(H,15,16,17)/t6-,7+,8-,9-/m1/s1. The number of H-pyrrole nitrogens is 1. The molecule has 4 atom stereocenters. The molecule has 2 aromatic rings. The van der Waals surface area contributed by atoms with Crippen molar-refractivity contribution in [3.05, 3.63) is 14.8 Å². The highest BCUT2D eigenvalue weighted by atomic mass is 127. The van der Waals surface area contributed by atoms with Gasteiger partial charge in [-0.05, 0) is 28.7 Å². The van der Waals surface area contributed by atoms with E-state index >= 15 is 0 Å². The maximum atomic E-state index is 10.0. The number of hydrogen-bond acceptors (Lipinski definition) is 7. The van der Waals surface area contributed by atoms with Crippen LogP contribution in [0.1, 0.15) is 0 Å². The molecule has 8 nitrogen and oxygen atoms in total. The van der Waals surface area contributed by atoms with Gasteiger partial charge in [-0.15, -0.1) is 0 Å². The molecule has 3 rings (SSSR count).